The number of hydrogen-bond acceptors (Lipinski definition) is 4. The number of carbonyl (C=O) groups excluding carboxylic acids is 1. The summed E-state index contributed by atoms with van der Waals surface area (Å²) in [7, 11) is 0. The molecular weight excluding hydrogens is 206 g/mol. The minimum atomic E-state index is -0.163. The van der Waals surface area contributed by atoms with Crippen LogP contribution in [0.2, 0.25) is 0 Å². The number of aromatic nitrogens is 1. The van der Waals surface area contributed by atoms with Gasteiger partial charge in [0, 0.05) is 25.5 Å². The number of rotatable bonds is 6. The summed E-state index contributed by atoms with van der Waals surface area (Å²) in [6, 6.07) is 1.59. The first-order valence-electron chi connectivity index (χ1n) is 5.33. The number of amides is 1. The lowest BCUT2D eigenvalue weighted by molar-refractivity contribution is 0.0952. The van der Waals surface area contributed by atoms with E-state index < -0.39 is 0 Å². The molecule has 0 saturated carbocycles. The normalized spacial score (nSPS) is 10.1. The second-order valence-electron chi connectivity index (χ2n) is 3.55. The number of hydrogen-bond donors (Lipinski definition) is 3. The molecule has 1 rings (SSSR count). The fraction of sp³-hybridized carbons (Fsp3) is 0.455. The van der Waals surface area contributed by atoms with Gasteiger partial charge in [-0.2, -0.15) is 0 Å². The Morgan fingerprint density at radius 3 is 2.88 bits per heavy atom. The Morgan fingerprint density at radius 2 is 2.19 bits per heavy atom. The van der Waals surface area contributed by atoms with Crippen molar-refractivity contribution in [3.05, 3.63) is 24.0 Å². The Hall–Kier alpha value is -1.62. The number of nitrogens with zero attached hydrogens (tertiary/aromatic N) is 1. The van der Waals surface area contributed by atoms with Crippen LogP contribution in [-0.4, -0.2) is 29.1 Å². The molecule has 1 heterocycles. The fourth-order valence-corrected chi connectivity index (χ4v) is 1.30. The predicted molar refractivity (Wildman–Crippen MR) is 61.9 cm³/mol. The second-order valence-corrected chi connectivity index (χ2v) is 3.55. The number of anilines is 1. The second kappa shape index (κ2) is 6.79. The first kappa shape index (κ1) is 12.4. The highest BCUT2D eigenvalue weighted by Gasteiger charge is 2.04. The van der Waals surface area contributed by atoms with Gasteiger partial charge in [0.05, 0.1) is 11.3 Å². The molecule has 0 unspecified atom stereocenters. The molecule has 0 atom stereocenters. The molecule has 88 valence electrons. The topological polar surface area (TPSA) is 88.2 Å². The van der Waals surface area contributed by atoms with Crippen LogP contribution in [0.3, 0.4) is 0 Å². The number of pyridine rings is 1. The van der Waals surface area contributed by atoms with Crippen molar-refractivity contribution in [2.45, 2.75) is 19.3 Å². The smallest absolute Gasteiger partial charge is 0.252 e. The lowest BCUT2D eigenvalue weighted by Gasteiger charge is -2.04. The summed E-state index contributed by atoms with van der Waals surface area (Å²) >= 11 is 0. The van der Waals surface area contributed by atoms with E-state index in [9.17, 15) is 4.79 Å². The van der Waals surface area contributed by atoms with Crippen molar-refractivity contribution in [3.63, 3.8) is 0 Å². The van der Waals surface area contributed by atoms with Crippen molar-refractivity contribution < 1.29 is 9.90 Å². The van der Waals surface area contributed by atoms with Crippen LogP contribution in [0.4, 0.5) is 5.69 Å². The quantitative estimate of drug-likeness (QED) is 0.615. The molecule has 0 saturated heterocycles. The van der Waals surface area contributed by atoms with E-state index in [1.807, 2.05) is 0 Å². The molecule has 0 radical (unpaired) electrons. The third kappa shape index (κ3) is 4.27. The third-order valence-electron chi connectivity index (χ3n) is 2.14. The molecule has 4 N–H and O–H groups in total. The average molecular weight is 223 g/mol. The van der Waals surface area contributed by atoms with Gasteiger partial charge >= 0.3 is 0 Å². The molecule has 1 aromatic heterocycles. The number of nitrogens with two attached hydrogens (primary N) is 1. The minimum absolute atomic E-state index is 0.163. The highest BCUT2D eigenvalue weighted by molar-refractivity contribution is 5.94. The Morgan fingerprint density at radius 1 is 1.38 bits per heavy atom. The molecular formula is C11H17N3O2. The van der Waals surface area contributed by atoms with Gasteiger partial charge in [0.25, 0.3) is 5.91 Å². The van der Waals surface area contributed by atoms with E-state index in [0.29, 0.717) is 17.8 Å². The molecule has 5 nitrogen and oxygen atoms in total. The van der Waals surface area contributed by atoms with E-state index in [-0.39, 0.29) is 12.5 Å². The van der Waals surface area contributed by atoms with Crippen molar-refractivity contribution in [3.8, 4) is 0 Å². The average Bonchev–Trinajstić information content (AvgIpc) is 2.28. The zero-order valence-electron chi connectivity index (χ0n) is 9.15. The Balaban J connectivity index is 2.30. The Bertz CT molecular complexity index is 342. The van der Waals surface area contributed by atoms with Gasteiger partial charge in [-0.25, -0.2) is 0 Å². The lowest BCUT2D eigenvalue weighted by Crippen LogP contribution is -2.24. The van der Waals surface area contributed by atoms with Crippen molar-refractivity contribution in [2.24, 2.45) is 0 Å². The van der Waals surface area contributed by atoms with Gasteiger partial charge in [0.15, 0.2) is 0 Å². The van der Waals surface area contributed by atoms with Gasteiger partial charge in [0.2, 0.25) is 0 Å². The van der Waals surface area contributed by atoms with Gasteiger partial charge < -0.3 is 16.2 Å². The zero-order chi connectivity index (χ0) is 11.8. The van der Waals surface area contributed by atoms with Crippen LogP contribution >= 0.6 is 0 Å². The van der Waals surface area contributed by atoms with Gasteiger partial charge in [-0.05, 0) is 25.3 Å². The predicted octanol–water partition coefficient (Wildman–Crippen LogP) is 0.556. The van der Waals surface area contributed by atoms with Crippen LogP contribution in [0.25, 0.3) is 0 Å². The maximum absolute atomic E-state index is 11.6. The van der Waals surface area contributed by atoms with E-state index in [0.717, 1.165) is 19.3 Å². The first-order chi connectivity index (χ1) is 7.74. The molecule has 0 bridgehead atoms. The highest BCUT2D eigenvalue weighted by Crippen LogP contribution is 2.03. The molecule has 0 aliphatic heterocycles. The van der Waals surface area contributed by atoms with Crippen LogP contribution < -0.4 is 11.1 Å². The summed E-state index contributed by atoms with van der Waals surface area (Å²) in [6.07, 6.45) is 5.53. The number of unbranched alkanes of at least 4 members (excludes halogenated alkanes) is 2. The molecule has 1 amide bonds. The summed E-state index contributed by atoms with van der Waals surface area (Å²) in [6.45, 7) is 0.806. The number of nitrogens with one attached hydrogen (secondary N) is 1. The lowest BCUT2D eigenvalue weighted by atomic mass is 10.2. The van der Waals surface area contributed by atoms with E-state index in [1.165, 1.54) is 12.4 Å². The SMILES string of the molecule is Nc1cncc(C(=O)NCCCCCO)c1. The Labute approximate surface area is 94.7 Å². The minimum Gasteiger partial charge on any atom is -0.397 e. The summed E-state index contributed by atoms with van der Waals surface area (Å²) in [5.74, 6) is -0.163. The highest BCUT2D eigenvalue weighted by atomic mass is 16.2. The summed E-state index contributed by atoms with van der Waals surface area (Å²) in [5, 5.41) is 11.3. The van der Waals surface area contributed by atoms with Crippen molar-refractivity contribution in [1.29, 1.82) is 0 Å². The summed E-state index contributed by atoms with van der Waals surface area (Å²) in [5.41, 5.74) is 6.47. The van der Waals surface area contributed by atoms with Crippen LogP contribution in [-0.2, 0) is 0 Å². The van der Waals surface area contributed by atoms with Gasteiger partial charge in [-0.15, -0.1) is 0 Å². The standard InChI is InChI=1S/C11H17N3O2/c12-10-6-9(7-13-8-10)11(16)14-4-2-1-3-5-15/h6-8,15H,1-5,12H2,(H,14,16). The van der Waals surface area contributed by atoms with Crippen molar-refractivity contribution >= 4 is 11.6 Å². The van der Waals surface area contributed by atoms with Crippen LogP contribution in [0.1, 0.15) is 29.6 Å². The first-order valence-corrected chi connectivity index (χ1v) is 5.33. The molecule has 0 fully saturated rings. The number of carbonyl (C=O) groups is 1. The molecule has 1 aromatic rings. The fourth-order valence-electron chi connectivity index (χ4n) is 1.30. The molecule has 0 aromatic carbocycles. The van der Waals surface area contributed by atoms with Gasteiger partial charge in [-0.3, -0.25) is 9.78 Å². The Kier molecular flexibility index (Phi) is 5.28. The number of aliphatic hydroxyl groups excluding tert-OH is 1. The molecule has 5 heteroatoms. The van der Waals surface area contributed by atoms with Crippen molar-refractivity contribution in [1.82, 2.24) is 10.3 Å². The van der Waals surface area contributed by atoms with E-state index >= 15 is 0 Å². The third-order valence-corrected chi connectivity index (χ3v) is 2.14. The van der Waals surface area contributed by atoms with E-state index in [4.69, 9.17) is 10.8 Å². The maximum atomic E-state index is 11.6. The molecule has 0 aliphatic carbocycles. The van der Waals surface area contributed by atoms with E-state index in [1.54, 1.807) is 6.07 Å². The van der Waals surface area contributed by atoms with Crippen LogP contribution in [0.15, 0.2) is 18.5 Å². The van der Waals surface area contributed by atoms with Gasteiger partial charge in [-0.1, -0.05) is 0 Å². The van der Waals surface area contributed by atoms with Crippen molar-refractivity contribution in [2.75, 3.05) is 18.9 Å². The zero-order valence-corrected chi connectivity index (χ0v) is 9.15. The van der Waals surface area contributed by atoms with Crippen LogP contribution in [0.5, 0.6) is 0 Å². The summed E-state index contributed by atoms with van der Waals surface area (Å²) < 4.78 is 0. The maximum Gasteiger partial charge on any atom is 0.252 e. The van der Waals surface area contributed by atoms with E-state index in [2.05, 4.69) is 10.3 Å². The molecule has 0 aliphatic rings. The van der Waals surface area contributed by atoms with Gasteiger partial charge in [0.1, 0.15) is 0 Å². The monoisotopic (exact) mass is 223 g/mol. The number of nitrogen functional groups attached to an aromatic ring is 1. The molecule has 16 heavy (non-hydrogen) atoms. The summed E-state index contributed by atoms with van der Waals surface area (Å²) in [4.78, 5) is 15.4. The molecule has 0 spiro atoms. The largest absolute Gasteiger partial charge is 0.397 e. The number of aliphatic hydroxyl groups is 1. The van der Waals surface area contributed by atoms with Crippen LogP contribution in [0, 0.1) is 0 Å².